The molecule has 0 rings (SSSR count). The highest BCUT2D eigenvalue weighted by atomic mass is 16.5. The summed E-state index contributed by atoms with van der Waals surface area (Å²) in [7, 11) is 1.33. The Morgan fingerprint density at radius 2 is 2.21 bits per heavy atom. The largest absolute Gasteiger partial charge is 0.465 e. The third-order valence-electron chi connectivity index (χ3n) is 1.63. The molecule has 0 saturated heterocycles. The molecule has 0 atom stereocenters. The van der Waals surface area contributed by atoms with Gasteiger partial charge in [0.2, 0.25) is 0 Å². The highest BCUT2D eigenvalue weighted by Gasteiger charge is 2.00. The molecule has 3 nitrogen and oxygen atoms in total. The fraction of sp³-hybridized carbons (Fsp3) is 0.455. The Morgan fingerprint density at radius 3 is 2.71 bits per heavy atom. The molecule has 3 heteroatoms. The number of esters is 1. The summed E-state index contributed by atoms with van der Waals surface area (Å²) in [6.07, 6.45) is 5.16. The Labute approximate surface area is 85.2 Å². The average molecular weight is 195 g/mol. The van der Waals surface area contributed by atoms with Crippen LogP contribution in [0.15, 0.2) is 29.4 Å². The van der Waals surface area contributed by atoms with E-state index in [9.17, 15) is 4.79 Å². The topological polar surface area (TPSA) is 38.7 Å². The lowest BCUT2D eigenvalue weighted by Gasteiger charge is -1.95. The van der Waals surface area contributed by atoms with Crippen LogP contribution in [0.3, 0.4) is 0 Å². The lowest BCUT2D eigenvalue weighted by atomic mass is 10.2. The fourth-order valence-electron chi connectivity index (χ4n) is 0.880. The van der Waals surface area contributed by atoms with Crippen molar-refractivity contribution >= 4 is 11.7 Å². The molecule has 78 valence electrons. The second kappa shape index (κ2) is 7.06. The normalized spacial score (nSPS) is 11.8. The molecule has 0 saturated carbocycles. The first-order chi connectivity index (χ1) is 6.61. The van der Waals surface area contributed by atoms with Gasteiger partial charge in [-0.2, -0.15) is 0 Å². The van der Waals surface area contributed by atoms with Gasteiger partial charge in [0.15, 0.2) is 0 Å². The van der Waals surface area contributed by atoms with Crippen molar-refractivity contribution in [3.05, 3.63) is 24.4 Å². The lowest BCUT2D eigenvalue weighted by molar-refractivity contribution is -0.135. The zero-order valence-corrected chi connectivity index (χ0v) is 9.04. The molecule has 14 heavy (non-hydrogen) atoms. The van der Waals surface area contributed by atoms with Gasteiger partial charge in [0.1, 0.15) is 0 Å². The number of aliphatic imine (C=N–C) groups is 1. The van der Waals surface area contributed by atoms with E-state index >= 15 is 0 Å². The van der Waals surface area contributed by atoms with Crippen molar-refractivity contribution in [3.8, 4) is 0 Å². The molecule has 0 bridgehead atoms. The quantitative estimate of drug-likeness (QED) is 0.292. The monoisotopic (exact) mass is 195 g/mol. The third-order valence-corrected chi connectivity index (χ3v) is 1.63. The second-order valence-corrected chi connectivity index (χ2v) is 2.95. The van der Waals surface area contributed by atoms with Crippen LogP contribution in [0, 0.1) is 0 Å². The van der Waals surface area contributed by atoms with Gasteiger partial charge in [-0.1, -0.05) is 19.9 Å². The summed E-state index contributed by atoms with van der Waals surface area (Å²) >= 11 is 0. The van der Waals surface area contributed by atoms with E-state index in [0.29, 0.717) is 5.57 Å². The summed E-state index contributed by atoms with van der Waals surface area (Å²) in [5.74, 6) is -0.426. The highest BCUT2D eigenvalue weighted by Crippen LogP contribution is 1.97. The SMILES string of the molecule is C=C(/C=C\N=C(C)CCC)C(=O)OC. The summed E-state index contributed by atoms with van der Waals surface area (Å²) in [5.41, 5.74) is 1.35. The first-order valence-corrected chi connectivity index (χ1v) is 4.58. The van der Waals surface area contributed by atoms with Gasteiger partial charge >= 0.3 is 5.97 Å². The number of carbonyl (C=O) groups excluding carboxylic acids is 1. The van der Waals surface area contributed by atoms with Gasteiger partial charge in [-0.05, 0) is 19.4 Å². The Morgan fingerprint density at radius 1 is 1.57 bits per heavy atom. The maximum Gasteiger partial charge on any atom is 0.337 e. The van der Waals surface area contributed by atoms with Crippen LogP contribution in [-0.4, -0.2) is 18.8 Å². The number of ether oxygens (including phenoxy) is 1. The van der Waals surface area contributed by atoms with Crippen molar-refractivity contribution in [2.45, 2.75) is 26.7 Å². The lowest BCUT2D eigenvalue weighted by Crippen LogP contribution is -2.00. The maximum atomic E-state index is 10.9. The third kappa shape index (κ3) is 5.30. The van der Waals surface area contributed by atoms with Crippen LogP contribution in [0.1, 0.15) is 26.7 Å². The number of hydrogen-bond donors (Lipinski definition) is 0. The molecule has 0 aromatic heterocycles. The minimum atomic E-state index is -0.426. The van der Waals surface area contributed by atoms with Crippen molar-refractivity contribution in [1.82, 2.24) is 0 Å². The van der Waals surface area contributed by atoms with Crippen molar-refractivity contribution in [2.24, 2.45) is 4.99 Å². The fourth-order valence-corrected chi connectivity index (χ4v) is 0.880. The Bertz CT molecular complexity index is 264. The van der Waals surface area contributed by atoms with Crippen LogP contribution in [-0.2, 0) is 9.53 Å². The molecule has 0 amide bonds. The van der Waals surface area contributed by atoms with E-state index in [1.165, 1.54) is 7.11 Å². The Kier molecular flexibility index (Phi) is 6.37. The van der Waals surface area contributed by atoms with Crippen LogP contribution in [0.5, 0.6) is 0 Å². The van der Waals surface area contributed by atoms with Gasteiger partial charge in [0.05, 0.1) is 12.7 Å². The van der Waals surface area contributed by atoms with Crippen LogP contribution >= 0.6 is 0 Å². The van der Waals surface area contributed by atoms with E-state index in [4.69, 9.17) is 0 Å². The van der Waals surface area contributed by atoms with E-state index in [0.717, 1.165) is 18.6 Å². The molecule has 0 N–H and O–H groups in total. The zero-order valence-electron chi connectivity index (χ0n) is 9.04. The van der Waals surface area contributed by atoms with E-state index in [2.05, 4.69) is 23.2 Å². The zero-order chi connectivity index (χ0) is 11.0. The summed E-state index contributed by atoms with van der Waals surface area (Å²) in [6, 6.07) is 0. The minimum Gasteiger partial charge on any atom is -0.465 e. The van der Waals surface area contributed by atoms with Crippen LogP contribution < -0.4 is 0 Å². The number of nitrogens with zero attached hydrogens (tertiary/aromatic N) is 1. The van der Waals surface area contributed by atoms with Crippen molar-refractivity contribution < 1.29 is 9.53 Å². The Balaban J connectivity index is 4.12. The molecule has 0 aliphatic carbocycles. The summed E-state index contributed by atoms with van der Waals surface area (Å²) in [6.45, 7) is 7.58. The number of hydrogen-bond acceptors (Lipinski definition) is 3. The number of carbonyl (C=O) groups is 1. The van der Waals surface area contributed by atoms with E-state index in [1.807, 2.05) is 6.92 Å². The van der Waals surface area contributed by atoms with Crippen LogP contribution in [0.2, 0.25) is 0 Å². The first kappa shape index (κ1) is 12.6. The van der Waals surface area contributed by atoms with Crippen molar-refractivity contribution in [1.29, 1.82) is 0 Å². The number of rotatable bonds is 5. The number of methoxy groups -OCH3 is 1. The molecule has 0 aliphatic rings. The van der Waals surface area contributed by atoms with Gasteiger partial charge in [-0.15, -0.1) is 0 Å². The minimum absolute atomic E-state index is 0.306. The van der Waals surface area contributed by atoms with Crippen LogP contribution in [0.25, 0.3) is 0 Å². The van der Waals surface area contributed by atoms with Gasteiger partial charge < -0.3 is 4.74 Å². The molecule has 0 radical (unpaired) electrons. The molecule has 0 aliphatic heterocycles. The second-order valence-electron chi connectivity index (χ2n) is 2.95. The van der Waals surface area contributed by atoms with Crippen LogP contribution in [0.4, 0.5) is 0 Å². The maximum absolute atomic E-state index is 10.9. The van der Waals surface area contributed by atoms with Gasteiger partial charge in [-0.3, -0.25) is 4.99 Å². The van der Waals surface area contributed by atoms with E-state index in [1.54, 1.807) is 12.3 Å². The first-order valence-electron chi connectivity index (χ1n) is 4.58. The smallest absolute Gasteiger partial charge is 0.337 e. The summed E-state index contributed by atoms with van der Waals surface area (Å²) in [4.78, 5) is 15.0. The molecular formula is C11H17NO2. The van der Waals surface area contributed by atoms with E-state index in [-0.39, 0.29) is 0 Å². The van der Waals surface area contributed by atoms with E-state index < -0.39 is 5.97 Å². The summed E-state index contributed by atoms with van der Waals surface area (Å²) in [5, 5.41) is 0. The molecule has 0 spiro atoms. The predicted octanol–water partition coefficient (Wildman–Crippen LogP) is 2.49. The van der Waals surface area contributed by atoms with Gasteiger partial charge in [0, 0.05) is 11.9 Å². The standard InChI is InChI=1S/C11H17NO2/c1-5-6-10(3)12-8-7-9(2)11(13)14-4/h7-8H,2,5-6H2,1,3-4H3/b8-7-,12-10?. The summed E-state index contributed by atoms with van der Waals surface area (Å²) < 4.78 is 4.48. The van der Waals surface area contributed by atoms with Crippen molar-refractivity contribution in [3.63, 3.8) is 0 Å². The van der Waals surface area contributed by atoms with Gasteiger partial charge in [0.25, 0.3) is 0 Å². The highest BCUT2D eigenvalue weighted by molar-refractivity contribution is 5.90. The molecule has 0 unspecified atom stereocenters. The predicted molar refractivity (Wildman–Crippen MR) is 58.3 cm³/mol. The van der Waals surface area contributed by atoms with Crippen molar-refractivity contribution in [2.75, 3.05) is 7.11 Å². The van der Waals surface area contributed by atoms with Gasteiger partial charge in [-0.25, -0.2) is 4.79 Å². The molecule has 0 heterocycles. The molecular weight excluding hydrogens is 178 g/mol. The Hall–Kier alpha value is -1.38. The molecule has 0 fully saturated rings. The average Bonchev–Trinajstić information content (AvgIpc) is 2.16. The molecule has 0 aromatic carbocycles. The molecule has 0 aromatic rings.